The Kier molecular flexibility index (Phi) is 3.76. The van der Waals surface area contributed by atoms with Crippen LogP contribution in [0.2, 0.25) is 0 Å². The summed E-state index contributed by atoms with van der Waals surface area (Å²) in [5.41, 5.74) is 6.66. The second-order valence-corrected chi connectivity index (χ2v) is 6.28. The fourth-order valence-corrected chi connectivity index (χ4v) is 3.27. The fraction of sp³-hybridized carbons (Fsp3) is 0.316. The van der Waals surface area contributed by atoms with Crippen molar-refractivity contribution in [1.82, 2.24) is 19.7 Å². The van der Waals surface area contributed by atoms with Crippen LogP contribution in [0, 0.1) is 13.8 Å². The molecule has 0 spiro atoms. The molecule has 0 unspecified atom stereocenters. The highest BCUT2D eigenvalue weighted by molar-refractivity contribution is 5.69. The number of aryl methyl sites for hydroxylation is 1. The van der Waals surface area contributed by atoms with E-state index in [-0.39, 0.29) is 0 Å². The van der Waals surface area contributed by atoms with Crippen molar-refractivity contribution in [3.63, 3.8) is 0 Å². The third kappa shape index (κ3) is 2.46. The molecule has 1 N–H and O–H groups in total. The minimum atomic E-state index is 0.835. The lowest BCUT2D eigenvalue weighted by Gasteiger charge is -2.13. The van der Waals surface area contributed by atoms with Gasteiger partial charge in [-0.15, -0.1) is 0 Å². The molecule has 0 aliphatic carbocycles. The van der Waals surface area contributed by atoms with Gasteiger partial charge in [0.05, 0.1) is 11.9 Å². The van der Waals surface area contributed by atoms with Crippen LogP contribution in [0.25, 0.3) is 17.1 Å². The lowest BCUT2D eigenvalue weighted by molar-refractivity contribution is 0.779. The topological polar surface area (TPSA) is 55.6 Å². The second kappa shape index (κ2) is 6.07. The molecular weight excluding hydrogens is 298 g/mol. The second-order valence-electron chi connectivity index (χ2n) is 6.28. The number of nitrogens with one attached hydrogen (secondary N) is 1. The minimum absolute atomic E-state index is 0.835. The molecule has 4 rings (SSSR count). The Morgan fingerprint density at radius 1 is 1.12 bits per heavy atom. The summed E-state index contributed by atoms with van der Waals surface area (Å²) in [6.45, 7) is 5.26. The van der Waals surface area contributed by atoms with E-state index in [1.54, 1.807) is 18.6 Å². The maximum absolute atomic E-state index is 4.93. The van der Waals surface area contributed by atoms with Crippen molar-refractivity contribution >= 4 is 5.82 Å². The van der Waals surface area contributed by atoms with E-state index < -0.39 is 0 Å². The first kappa shape index (κ1) is 14.9. The lowest BCUT2D eigenvalue weighted by Crippen LogP contribution is -2.08. The van der Waals surface area contributed by atoms with E-state index in [4.69, 9.17) is 5.10 Å². The number of fused-ring (bicyclic) bond motifs is 1. The van der Waals surface area contributed by atoms with Gasteiger partial charge in [-0.1, -0.05) is 12.1 Å². The number of anilines is 1. The normalized spacial score (nSPS) is 13.9. The van der Waals surface area contributed by atoms with E-state index in [0.717, 1.165) is 42.3 Å². The molecule has 0 saturated carbocycles. The number of benzene rings is 1. The zero-order valence-corrected chi connectivity index (χ0v) is 14.1. The summed E-state index contributed by atoms with van der Waals surface area (Å²) in [4.78, 5) is 8.68. The number of aromatic nitrogens is 4. The maximum Gasteiger partial charge on any atom is 0.133 e. The van der Waals surface area contributed by atoms with E-state index in [0.29, 0.717) is 0 Å². The molecule has 24 heavy (non-hydrogen) atoms. The van der Waals surface area contributed by atoms with Crippen molar-refractivity contribution in [2.75, 3.05) is 11.9 Å². The highest BCUT2D eigenvalue weighted by Crippen LogP contribution is 2.33. The summed E-state index contributed by atoms with van der Waals surface area (Å²) in [5, 5.41) is 8.51. The van der Waals surface area contributed by atoms with E-state index in [1.807, 2.05) is 4.68 Å². The van der Waals surface area contributed by atoms with Gasteiger partial charge in [-0.3, -0.25) is 9.97 Å². The highest BCUT2D eigenvalue weighted by atomic mass is 15.3. The molecule has 0 amide bonds. The van der Waals surface area contributed by atoms with Gasteiger partial charge in [-0.05, 0) is 50.3 Å². The van der Waals surface area contributed by atoms with Crippen LogP contribution >= 0.6 is 0 Å². The average molecular weight is 319 g/mol. The molecule has 1 aromatic carbocycles. The Hall–Kier alpha value is -2.69. The summed E-state index contributed by atoms with van der Waals surface area (Å²) >= 11 is 0. The largest absolute Gasteiger partial charge is 0.370 e. The molecule has 122 valence electrons. The molecular formula is C19H21N5. The van der Waals surface area contributed by atoms with Crippen molar-refractivity contribution in [3.8, 4) is 17.1 Å². The average Bonchev–Trinajstić information content (AvgIpc) is 2.79. The summed E-state index contributed by atoms with van der Waals surface area (Å²) in [5.74, 6) is 1.10. The Balaban J connectivity index is 1.95. The SMILES string of the molecule is Cc1cccc(-n2nc(-c3cnccn3)c3c2NCCCC3)c1C. The first-order chi connectivity index (χ1) is 11.8. The molecule has 5 nitrogen and oxygen atoms in total. The van der Waals surface area contributed by atoms with Crippen LogP contribution < -0.4 is 5.32 Å². The van der Waals surface area contributed by atoms with Gasteiger partial charge < -0.3 is 5.32 Å². The standard InChI is InChI=1S/C19H21N5/c1-13-6-5-8-17(14(13)2)24-19-15(7-3-4-9-22-19)18(23-24)16-12-20-10-11-21-16/h5-6,8,10-12,22H,3-4,7,9H2,1-2H3. The smallest absolute Gasteiger partial charge is 0.133 e. The summed E-state index contributed by atoms with van der Waals surface area (Å²) in [6.07, 6.45) is 8.55. The molecule has 1 aliphatic heterocycles. The predicted octanol–water partition coefficient (Wildman–Crippen LogP) is 3.69. The van der Waals surface area contributed by atoms with Crippen molar-refractivity contribution in [2.24, 2.45) is 0 Å². The van der Waals surface area contributed by atoms with Gasteiger partial charge in [0.2, 0.25) is 0 Å². The van der Waals surface area contributed by atoms with Crippen molar-refractivity contribution in [3.05, 3.63) is 53.5 Å². The van der Waals surface area contributed by atoms with Crippen LogP contribution in [0.4, 0.5) is 5.82 Å². The first-order valence-corrected chi connectivity index (χ1v) is 8.44. The summed E-state index contributed by atoms with van der Waals surface area (Å²) in [6, 6.07) is 6.35. The zero-order valence-electron chi connectivity index (χ0n) is 14.1. The number of rotatable bonds is 2. The van der Waals surface area contributed by atoms with E-state index in [9.17, 15) is 0 Å². The first-order valence-electron chi connectivity index (χ1n) is 8.44. The molecule has 0 atom stereocenters. The van der Waals surface area contributed by atoms with Gasteiger partial charge >= 0.3 is 0 Å². The Morgan fingerprint density at radius 2 is 2.04 bits per heavy atom. The maximum atomic E-state index is 4.93. The molecule has 5 heteroatoms. The van der Waals surface area contributed by atoms with Gasteiger partial charge in [-0.2, -0.15) is 5.10 Å². The highest BCUT2D eigenvalue weighted by Gasteiger charge is 2.23. The number of hydrogen-bond donors (Lipinski definition) is 1. The van der Waals surface area contributed by atoms with Crippen LogP contribution in [0.3, 0.4) is 0 Å². The molecule has 3 aromatic rings. The summed E-state index contributed by atoms with van der Waals surface area (Å²) in [7, 11) is 0. The van der Waals surface area contributed by atoms with Gasteiger partial charge in [0.25, 0.3) is 0 Å². The van der Waals surface area contributed by atoms with Crippen LogP contribution in [-0.2, 0) is 6.42 Å². The van der Waals surface area contributed by atoms with Crippen LogP contribution in [0.1, 0.15) is 29.5 Å². The number of nitrogens with zero attached hydrogens (tertiary/aromatic N) is 4. The minimum Gasteiger partial charge on any atom is -0.370 e. The van der Waals surface area contributed by atoms with Gasteiger partial charge in [0.15, 0.2) is 0 Å². The lowest BCUT2D eigenvalue weighted by atomic mass is 10.1. The van der Waals surface area contributed by atoms with Crippen LogP contribution in [-0.4, -0.2) is 26.3 Å². The third-order valence-electron chi connectivity index (χ3n) is 4.74. The fourth-order valence-electron chi connectivity index (χ4n) is 3.27. The Morgan fingerprint density at radius 3 is 2.88 bits per heavy atom. The van der Waals surface area contributed by atoms with Crippen LogP contribution in [0.15, 0.2) is 36.8 Å². The molecule has 3 heterocycles. The van der Waals surface area contributed by atoms with Crippen LogP contribution in [0.5, 0.6) is 0 Å². The third-order valence-corrected chi connectivity index (χ3v) is 4.74. The van der Waals surface area contributed by atoms with Gasteiger partial charge in [0.1, 0.15) is 17.2 Å². The van der Waals surface area contributed by atoms with Gasteiger partial charge in [-0.25, -0.2) is 4.68 Å². The molecule has 0 bridgehead atoms. The Bertz CT molecular complexity index is 867. The van der Waals surface area contributed by atoms with Gasteiger partial charge in [0, 0.05) is 24.5 Å². The number of hydrogen-bond acceptors (Lipinski definition) is 4. The molecule has 0 fully saturated rings. The predicted molar refractivity (Wildman–Crippen MR) is 95.5 cm³/mol. The molecule has 2 aromatic heterocycles. The van der Waals surface area contributed by atoms with Crippen molar-refractivity contribution < 1.29 is 0 Å². The summed E-state index contributed by atoms with van der Waals surface area (Å²) < 4.78 is 2.05. The Labute approximate surface area is 141 Å². The molecule has 0 radical (unpaired) electrons. The van der Waals surface area contributed by atoms with E-state index >= 15 is 0 Å². The molecule has 0 saturated heterocycles. The van der Waals surface area contributed by atoms with Crippen molar-refractivity contribution in [1.29, 1.82) is 0 Å². The quantitative estimate of drug-likeness (QED) is 0.782. The van der Waals surface area contributed by atoms with E-state index in [2.05, 4.69) is 47.3 Å². The molecule has 1 aliphatic rings. The van der Waals surface area contributed by atoms with Crippen molar-refractivity contribution in [2.45, 2.75) is 33.1 Å². The monoisotopic (exact) mass is 319 g/mol. The zero-order chi connectivity index (χ0) is 16.5. The van der Waals surface area contributed by atoms with E-state index in [1.165, 1.54) is 23.1 Å².